The molecule has 1 N–H and O–H groups in total. The van der Waals surface area contributed by atoms with Gasteiger partial charge in [-0.25, -0.2) is 0 Å². The van der Waals surface area contributed by atoms with E-state index in [9.17, 15) is 0 Å². The van der Waals surface area contributed by atoms with E-state index in [4.69, 9.17) is 0 Å². The third kappa shape index (κ3) is 1.38. The van der Waals surface area contributed by atoms with Crippen molar-refractivity contribution in [2.24, 2.45) is 0 Å². The van der Waals surface area contributed by atoms with Crippen LogP contribution in [0.4, 0.5) is 0 Å². The van der Waals surface area contributed by atoms with E-state index in [2.05, 4.69) is 34.5 Å². The molecule has 0 aliphatic heterocycles. The summed E-state index contributed by atoms with van der Waals surface area (Å²) in [5, 5.41) is 7.52. The fourth-order valence-electron chi connectivity index (χ4n) is 2.00. The summed E-state index contributed by atoms with van der Waals surface area (Å²) in [5.41, 5.74) is 4.77. The van der Waals surface area contributed by atoms with Gasteiger partial charge in [0.1, 0.15) is 0 Å². The van der Waals surface area contributed by atoms with E-state index in [0.717, 1.165) is 18.5 Å². The van der Waals surface area contributed by atoms with Crippen LogP contribution in [-0.2, 0) is 6.42 Å². The second-order valence-corrected chi connectivity index (χ2v) is 3.77. The number of aromatic amines is 1. The summed E-state index contributed by atoms with van der Waals surface area (Å²) in [7, 11) is 0. The van der Waals surface area contributed by atoms with Crippen LogP contribution in [-0.4, -0.2) is 10.2 Å². The fourth-order valence-corrected chi connectivity index (χ4v) is 2.00. The van der Waals surface area contributed by atoms with Crippen molar-refractivity contribution in [1.82, 2.24) is 10.2 Å². The molecule has 1 aromatic heterocycles. The van der Waals surface area contributed by atoms with E-state index in [1.54, 1.807) is 0 Å². The molecule has 0 fully saturated rings. The van der Waals surface area contributed by atoms with Gasteiger partial charge in [0.25, 0.3) is 0 Å². The molecule has 1 aromatic carbocycles. The van der Waals surface area contributed by atoms with Crippen LogP contribution in [0.15, 0.2) is 36.4 Å². The molecule has 0 radical (unpaired) electrons. The molecule has 15 heavy (non-hydrogen) atoms. The van der Waals surface area contributed by atoms with Gasteiger partial charge < -0.3 is 0 Å². The molecule has 0 bridgehead atoms. The van der Waals surface area contributed by atoms with E-state index in [1.807, 2.05) is 18.2 Å². The largest absolute Gasteiger partial charge is 0.281 e. The molecule has 3 rings (SSSR count). The maximum Gasteiger partial charge on any atom is 0.0995 e. The summed E-state index contributed by atoms with van der Waals surface area (Å²) >= 11 is 0. The first-order chi connectivity index (χ1) is 7.45. The minimum absolute atomic E-state index is 1.07. The van der Waals surface area contributed by atoms with Gasteiger partial charge in [0.2, 0.25) is 0 Å². The SMILES string of the molecule is C1=Cc2c(-c3ccccc3)n[nH]c2CC1. The number of nitrogens with zero attached hydrogens (tertiary/aromatic N) is 1. The van der Waals surface area contributed by atoms with Gasteiger partial charge in [0.15, 0.2) is 0 Å². The predicted octanol–water partition coefficient (Wildman–Crippen LogP) is 3.04. The van der Waals surface area contributed by atoms with E-state index < -0.39 is 0 Å². The maximum atomic E-state index is 4.39. The molecule has 1 heterocycles. The van der Waals surface area contributed by atoms with Gasteiger partial charge in [-0.15, -0.1) is 0 Å². The highest BCUT2D eigenvalue weighted by atomic mass is 15.1. The summed E-state index contributed by atoms with van der Waals surface area (Å²) < 4.78 is 0. The number of hydrogen-bond acceptors (Lipinski definition) is 1. The van der Waals surface area contributed by atoms with E-state index in [1.165, 1.54) is 16.8 Å². The first-order valence-electron chi connectivity index (χ1n) is 5.24. The highest BCUT2D eigenvalue weighted by molar-refractivity contribution is 5.74. The standard InChI is InChI=1S/C13H12N2/c1-2-6-10(7-3-1)13-11-8-4-5-9-12(11)14-15-13/h1-4,6-8H,5,9H2,(H,14,15). The number of allylic oxidation sites excluding steroid dienone is 1. The highest BCUT2D eigenvalue weighted by Gasteiger charge is 2.13. The Kier molecular flexibility index (Phi) is 1.91. The topological polar surface area (TPSA) is 28.7 Å². The second kappa shape index (κ2) is 3.39. The minimum Gasteiger partial charge on any atom is -0.281 e. The van der Waals surface area contributed by atoms with Gasteiger partial charge in [-0.3, -0.25) is 5.10 Å². The average Bonchev–Trinajstić information content (AvgIpc) is 2.74. The Morgan fingerprint density at radius 2 is 2.00 bits per heavy atom. The third-order valence-electron chi connectivity index (χ3n) is 2.78. The zero-order valence-electron chi connectivity index (χ0n) is 8.40. The van der Waals surface area contributed by atoms with Crippen molar-refractivity contribution in [2.75, 3.05) is 0 Å². The lowest BCUT2D eigenvalue weighted by Crippen LogP contribution is -1.91. The van der Waals surface area contributed by atoms with E-state index in [0.29, 0.717) is 0 Å². The van der Waals surface area contributed by atoms with Crippen molar-refractivity contribution >= 4 is 6.08 Å². The molecule has 1 aliphatic carbocycles. The molecule has 0 unspecified atom stereocenters. The number of aromatic nitrogens is 2. The molecule has 2 heteroatoms. The monoisotopic (exact) mass is 196 g/mol. The van der Waals surface area contributed by atoms with Crippen LogP contribution in [0.5, 0.6) is 0 Å². The number of aryl methyl sites for hydroxylation is 1. The highest BCUT2D eigenvalue weighted by Crippen LogP contribution is 2.27. The van der Waals surface area contributed by atoms with Crippen molar-refractivity contribution in [3.8, 4) is 11.3 Å². The van der Waals surface area contributed by atoms with Gasteiger partial charge in [-0.05, 0) is 12.8 Å². The molecule has 0 spiro atoms. The fraction of sp³-hybridized carbons (Fsp3) is 0.154. The Morgan fingerprint density at radius 3 is 2.87 bits per heavy atom. The van der Waals surface area contributed by atoms with Crippen molar-refractivity contribution in [2.45, 2.75) is 12.8 Å². The maximum absolute atomic E-state index is 4.39. The molecule has 2 nitrogen and oxygen atoms in total. The summed E-state index contributed by atoms with van der Waals surface area (Å²) in [6.07, 6.45) is 6.57. The van der Waals surface area contributed by atoms with Crippen LogP contribution in [0.25, 0.3) is 17.3 Å². The first kappa shape index (κ1) is 8.48. The van der Waals surface area contributed by atoms with Crippen LogP contribution >= 0.6 is 0 Å². The van der Waals surface area contributed by atoms with Crippen LogP contribution in [0.2, 0.25) is 0 Å². The quantitative estimate of drug-likeness (QED) is 0.746. The lowest BCUT2D eigenvalue weighted by molar-refractivity contribution is 0.908. The van der Waals surface area contributed by atoms with Crippen molar-refractivity contribution in [3.05, 3.63) is 47.7 Å². The summed E-state index contributed by atoms with van der Waals surface area (Å²) in [4.78, 5) is 0. The molecular weight excluding hydrogens is 184 g/mol. The molecule has 0 saturated carbocycles. The molecule has 74 valence electrons. The van der Waals surface area contributed by atoms with Gasteiger partial charge in [-0.1, -0.05) is 42.5 Å². The summed E-state index contributed by atoms with van der Waals surface area (Å²) in [6, 6.07) is 10.3. The van der Waals surface area contributed by atoms with E-state index >= 15 is 0 Å². The van der Waals surface area contributed by atoms with E-state index in [-0.39, 0.29) is 0 Å². The lowest BCUT2D eigenvalue weighted by Gasteiger charge is -2.04. The first-order valence-corrected chi connectivity index (χ1v) is 5.24. The van der Waals surface area contributed by atoms with Crippen molar-refractivity contribution in [1.29, 1.82) is 0 Å². The smallest absolute Gasteiger partial charge is 0.0995 e. The van der Waals surface area contributed by atoms with Crippen LogP contribution in [0, 0.1) is 0 Å². The molecule has 0 amide bonds. The van der Waals surface area contributed by atoms with Crippen LogP contribution in [0.3, 0.4) is 0 Å². The Balaban J connectivity index is 2.15. The van der Waals surface area contributed by atoms with Crippen LogP contribution in [0.1, 0.15) is 17.7 Å². The molecule has 1 aliphatic rings. The minimum atomic E-state index is 1.07. The molecule has 0 atom stereocenters. The molecule has 0 saturated heterocycles. The second-order valence-electron chi connectivity index (χ2n) is 3.77. The van der Waals surface area contributed by atoms with Gasteiger partial charge >= 0.3 is 0 Å². The lowest BCUT2D eigenvalue weighted by atomic mass is 9.99. The van der Waals surface area contributed by atoms with Crippen LogP contribution < -0.4 is 0 Å². The number of nitrogens with one attached hydrogen (secondary N) is 1. The summed E-state index contributed by atoms with van der Waals surface area (Å²) in [6.45, 7) is 0. The summed E-state index contributed by atoms with van der Waals surface area (Å²) in [5.74, 6) is 0. The number of rotatable bonds is 1. The zero-order valence-corrected chi connectivity index (χ0v) is 8.40. The Bertz CT molecular complexity index is 495. The number of fused-ring (bicyclic) bond motifs is 1. The van der Waals surface area contributed by atoms with Gasteiger partial charge in [0.05, 0.1) is 5.69 Å². The number of benzene rings is 1. The number of hydrogen-bond donors (Lipinski definition) is 1. The predicted molar refractivity (Wildman–Crippen MR) is 61.4 cm³/mol. The Labute approximate surface area is 88.7 Å². The van der Waals surface area contributed by atoms with Crippen molar-refractivity contribution in [3.63, 3.8) is 0 Å². The average molecular weight is 196 g/mol. The zero-order chi connectivity index (χ0) is 10.1. The Morgan fingerprint density at radius 1 is 1.13 bits per heavy atom. The van der Waals surface area contributed by atoms with Gasteiger partial charge in [-0.2, -0.15) is 5.10 Å². The Hall–Kier alpha value is -1.83. The third-order valence-corrected chi connectivity index (χ3v) is 2.78. The normalized spacial score (nSPS) is 13.9. The number of H-pyrrole nitrogens is 1. The molecular formula is C13H12N2. The molecule has 2 aromatic rings. The van der Waals surface area contributed by atoms with Gasteiger partial charge in [0, 0.05) is 16.8 Å². The van der Waals surface area contributed by atoms with Crippen molar-refractivity contribution < 1.29 is 0 Å².